The number of aromatic nitrogens is 1. The molecule has 0 amide bonds. The van der Waals surface area contributed by atoms with Crippen molar-refractivity contribution in [3.63, 3.8) is 0 Å². The number of rotatable bonds is 1. The number of nitrogens with zero attached hydrogens (tertiary/aromatic N) is 2. The normalized spacial score (nSPS) is 11.0. The Morgan fingerprint density at radius 1 is 1.41 bits per heavy atom. The molecule has 0 aliphatic rings. The molecular weight excluding hydrogens is 228 g/mol. The maximum atomic E-state index is 11.6. The summed E-state index contributed by atoms with van der Waals surface area (Å²) in [7, 11) is 0. The predicted octanol–water partition coefficient (Wildman–Crippen LogP) is 1.54. The zero-order valence-corrected chi connectivity index (χ0v) is 9.67. The van der Waals surface area contributed by atoms with Gasteiger partial charge in [-0.05, 0) is 20.8 Å². The highest BCUT2D eigenvalue weighted by Gasteiger charge is 2.20. The van der Waals surface area contributed by atoms with Crippen LogP contribution in [0, 0.1) is 10.1 Å². The number of carbonyl (C=O) groups excluding carboxylic acids is 1. The molecule has 0 unspecified atom stereocenters. The van der Waals surface area contributed by atoms with Gasteiger partial charge in [0.2, 0.25) is 0 Å². The number of ether oxygens (including phenoxy) is 1. The lowest BCUT2D eigenvalue weighted by Crippen LogP contribution is -2.33. The van der Waals surface area contributed by atoms with Gasteiger partial charge in [0.05, 0.1) is 11.1 Å². The van der Waals surface area contributed by atoms with Gasteiger partial charge in [0.1, 0.15) is 5.60 Å². The van der Waals surface area contributed by atoms with Crippen LogP contribution in [0.3, 0.4) is 0 Å². The first kappa shape index (κ1) is 12.9. The molecule has 0 bridgehead atoms. The summed E-state index contributed by atoms with van der Waals surface area (Å²) in [6.45, 7) is 4.90. The molecule has 0 aromatic carbocycles. The van der Waals surface area contributed by atoms with Crippen LogP contribution in [0.1, 0.15) is 20.8 Å². The number of pyridine rings is 1. The number of carbonyl (C=O) groups is 1. The Morgan fingerprint density at radius 3 is 2.47 bits per heavy atom. The molecule has 0 atom stereocenters. The third-order valence-electron chi connectivity index (χ3n) is 1.70. The van der Waals surface area contributed by atoms with Gasteiger partial charge in [-0.3, -0.25) is 14.9 Å². The zero-order chi connectivity index (χ0) is 13.2. The molecule has 1 heterocycles. The largest absolute Gasteiger partial charge is 0.443 e. The van der Waals surface area contributed by atoms with Crippen molar-refractivity contribution in [1.29, 1.82) is 0 Å². The first-order chi connectivity index (χ1) is 7.70. The highest BCUT2D eigenvalue weighted by Crippen LogP contribution is 2.10. The van der Waals surface area contributed by atoms with E-state index in [1.807, 2.05) is 0 Å². The summed E-state index contributed by atoms with van der Waals surface area (Å²) < 4.78 is 5.51. The molecule has 0 aliphatic carbocycles. The highest BCUT2D eigenvalue weighted by molar-refractivity contribution is 5.71. The van der Waals surface area contributed by atoms with E-state index in [1.165, 1.54) is 0 Å². The van der Waals surface area contributed by atoms with Crippen LogP contribution >= 0.6 is 0 Å². The third kappa shape index (κ3) is 3.40. The van der Waals surface area contributed by atoms with Gasteiger partial charge in [-0.2, -0.15) is 0 Å². The van der Waals surface area contributed by atoms with E-state index in [1.54, 1.807) is 20.8 Å². The summed E-state index contributed by atoms with van der Waals surface area (Å²) in [4.78, 5) is 32.8. The minimum Gasteiger partial charge on any atom is -0.443 e. The Balaban J connectivity index is 3.13. The molecule has 17 heavy (non-hydrogen) atoms. The highest BCUT2D eigenvalue weighted by atomic mass is 16.6. The molecule has 0 spiro atoms. The van der Waals surface area contributed by atoms with E-state index in [-0.39, 0.29) is 5.69 Å². The molecule has 7 nitrogen and oxygen atoms in total. The summed E-state index contributed by atoms with van der Waals surface area (Å²) in [6, 6.07) is 1.98. The van der Waals surface area contributed by atoms with Crippen molar-refractivity contribution in [2.75, 3.05) is 0 Å². The molecule has 1 rings (SSSR count). The molecule has 0 saturated carbocycles. The SMILES string of the molecule is CC(C)(C)OC(=O)n1cc([N+](=O)[O-])ccc1=O. The summed E-state index contributed by atoms with van der Waals surface area (Å²) in [5.41, 5.74) is -1.80. The second-order valence-corrected chi connectivity index (χ2v) is 4.33. The minimum absolute atomic E-state index is 0.351. The van der Waals surface area contributed by atoms with E-state index >= 15 is 0 Å². The quantitative estimate of drug-likeness (QED) is 0.548. The summed E-state index contributed by atoms with van der Waals surface area (Å²) >= 11 is 0. The lowest BCUT2D eigenvalue weighted by molar-refractivity contribution is -0.385. The Bertz CT molecular complexity index is 512. The number of hydrogen-bond donors (Lipinski definition) is 0. The van der Waals surface area contributed by atoms with E-state index in [0.29, 0.717) is 4.57 Å². The van der Waals surface area contributed by atoms with Crippen molar-refractivity contribution in [1.82, 2.24) is 4.57 Å². The standard InChI is InChI=1S/C10H12N2O5/c1-10(2,3)17-9(14)11-6-7(12(15)16)4-5-8(11)13/h4-6H,1-3H3. The van der Waals surface area contributed by atoms with Crippen LogP contribution in [-0.4, -0.2) is 21.2 Å². The van der Waals surface area contributed by atoms with E-state index in [9.17, 15) is 19.7 Å². The fourth-order valence-corrected chi connectivity index (χ4v) is 1.04. The van der Waals surface area contributed by atoms with Crippen LogP contribution in [0.15, 0.2) is 23.1 Å². The molecule has 0 aliphatic heterocycles. The van der Waals surface area contributed by atoms with Gasteiger partial charge in [0.15, 0.2) is 0 Å². The topological polar surface area (TPSA) is 91.4 Å². The predicted molar refractivity (Wildman–Crippen MR) is 59.0 cm³/mol. The fraction of sp³-hybridized carbons (Fsp3) is 0.400. The smallest absolute Gasteiger partial charge is 0.421 e. The van der Waals surface area contributed by atoms with Crippen LogP contribution in [0.5, 0.6) is 0 Å². The lowest BCUT2D eigenvalue weighted by Gasteiger charge is -2.19. The van der Waals surface area contributed by atoms with Gasteiger partial charge in [0.25, 0.3) is 11.2 Å². The van der Waals surface area contributed by atoms with Crippen molar-refractivity contribution in [2.24, 2.45) is 0 Å². The van der Waals surface area contributed by atoms with Crippen molar-refractivity contribution in [3.05, 3.63) is 38.8 Å². The van der Waals surface area contributed by atoms with E-state index in [2.05, 4.69) is 0 Å². The van der Waals surface area contributed by atoms with Crippen LogP contribution < -0.4 is 5.56 Å². The Morgan fingerprint density at radius 2 is 2.00 bits per heavy atom. The average molecular weight is 240 g/mol. The van der Waals surface area contributed by atoms with Gasteiger partial charge >= 0.3 is 6.09 Å². The van der Waals surface area contributed by atoms with Gasteiger partial charge in [-0.15, -0.1) is 0 Å². The Labute approximate surface area is 96.8 Å². The van der Waals surface area contributed by atoms with Gasteiger partial charge in [-0.1, -0.05) is 0 Å². The Kier molecular flexibility index (Phi) is 3.31. The van der Waals surface area contributed by atoms with Crippen LogP contribution in [-0.2, 0) is 4.74 Å². The second-order valence-electron chi connectivity index (χ2n) is 4.33. The maximum absolute atomic E-state index is 11.6. The summed E-state index contributed by atoms with van der Waals surface area (Å²) in [5, 5.41) is 10.5. The van der Waals surface area contributed by atoms with Gasteiger partial charge < -0.3 is 4.74 Å². The summed E-state index contributed by atoms with van der Waals surface area (Å²) in [5.74, 6) is 0. The minimum atomic E-state index is -0.939. The van der Waals surface area contributed by atoms with Crippen LogP contribution in [0.2, 0.25) is 0 Å². The van der Waals surface area contributed by atoms with Crippen molar-refractivity contribution < 1.29 is 14.5 Å². The molecular formula is C10H12N2O5. The van der Waals surface area contributed by atoms with Gasteiger partial charge in [0, 0.05) is 12.1 Å². The van der Waals surface area contributed by atoms with Crippen molar-refractivity contribution >= 4 is 11.8 Å². The first-order valence-electron chi connectivity index (χ1n) is 4.81. The molecule has 7 heteroatoms. The molecule has 0 saturated heterocycles. The first-order valence-corrected chi connectivity index (χ1v) is 4.81. The second kappa shape index (κ2) is 4.36. The molecule has 0 fully saturated rings. The lowest BCUT2D eigenvalue weighted by atomic mass is 10.2. The average Bonchev–Trinajstić information content (AvgIpc) is 2.14. The molecule has 1 aromatic heterocycles. The molecule has 0 radical (unpaired) electrons. The van der Waals surface area contributed by atoms with Crippen LogP contribution in [0.25, 0.3) is 0 Å². The molecule has 92 valence electrons. The zero-order valence-electron chi connectivity index (χ0n) is 9.67. The number of nitro groups is 1. The maximum Gasteiger partial charge on any atom is 0.421 e. The third-order valence-corrected chi connectivity index (χ3v) is 1.70. The summed E-state index contributed by atoms with van der Waals surface area (Å²) in [6.07, 6.45) is -0.0950. The number of hydrogen-bond acceptors (Lipinski definition) is 5. The monoisotopic (exact) mass is 240 g/mol. The van der Waals surface area contributed by atoms with E-state index in [0.717, 1.165) is 18.3 Å². The van der Waals surface area contributed by atoms with E-state index in [4.69, 9.17) is 4.74 Å². The molecule has 0 N–H and O–H groups in total. The van der Waals surface area contributed by atoms with Crippen molar-refractivity contribution in [2.45, 2.75) is 26.4 Å². The van der Waals surface area contributed by atoms with E-state index < -0.39 is 22.2 Å². The van der Waals surface area contributed by atoms with Gasteiger partial charge in [-0.25, -0.2) is 9.36 Å². The van der Waals surface area contributed by atoms with Crippen LogP contribution in [0.4, 0.5) is 10.5 Å². The molecule has 1 aromatic rings. The fourth-order valence-electron chi connectivity index (χ4n) is 1.04. The van der Waals surface area contributed by atoms with Crippen molar-refractivity contribution in [3.8, 4) is 0 Å². The Hall–Kier alpha value is -2.18.